The summed E-state index contributed by atoms with van der Waals surface area (Å²) in [5.74, 6) is 0.596. The van der Waals surface area contributed by atoms with Crippen molar-refractivity contribution in [3.8, 4) is 5.75 Å². The van der Waals surface area contributed by atoms with Gasteiger partial charge in [0.1, 0.15) is 5.75 Å². The first-order valence-electron chi connectivity index (χ1n) is 5.77. The van der Waals surface area contributed by atoms with E-state index >= 15 is 0 Å². The summed E-state index contributed by atoms with van der Waals surface area (Å²) in [4.78, 5) is 11.7. The lowest BCUT2D eigenvalue weighted by Gasteiger charge is -2.09. The summed E-state index contributed by atoms with van der Waals surface area (Å²) in [7, 11) is 1.58. The molecule has 1 atom stereocenters. The molecule has 1 rings (SSSR count). The van der Waals surface area contributed by atoms with Gasteiger partial charge in [0.05, 0.1) is 13.2 Å². The van der Waals surface area contributed by atoms with Gasteiger partial charge in [0.25, 0.3) is 5.91 Å². The van der Waals surface area contributed by atoms with Crippen LogP contribution >= 0.6 is 0 Å². The number of nitrogens with one attached hydrogen (secondary N) is 1. The molecule has 1 aromatic rings. The highest BCUT2D eigenvalue weighted by atomic mass is 16.5. The summed E-state index contributed by atoms with van der Waals surface area (Å²) in [6.07, 6.45) is 0.947. The monoisotopic (exact) mass is 237 g/mol. The van der Waals surface area contributed by atoms with Crippen molar-refractivity contribution in [2.45, 2.75) is 25.9 Å². The summed E-state index contributed by atoms with van der Waals surface area (Å²) in [6, 6.07) is 6.92. The van der Waals surface area contributed by atoms with Crippen molar-refractivity contribution in [3.63, 3.8) is 0 Å². The maximum atomic E-state index is 11.7. The van der Waals surface area contributed by atoms with Gasteiger partial charge in [-0.15, -0.1) is 0 Å². The van der Waals surface area contributed by atoms with E-state index in [1.54, 1.807) is 31.4 Å². The Balaban J connectivity index is 2.41. The number of ether oxygens (including phenoxy) is 1. The number of hydrogen-bond donors (Lipinski definition) is 2. The van der Waals surface area contributed by atoms with Crippen molar-refractivity contribution in [1.29, 1.82) is 0 Å². The minimum Gasteiger partial charge on any atom is -0.497 e. The van der Waals surface area contributed by atoms with Crippen LogP contribution in [-0.2, 0) is 0 Å². The van der Waals surface area contributed by atoms with Gasteiger partial charge in [-0.25, -0.2) is 0 Å². The maximum Gasteiger partial charge on any atom is 0.251 e. The molecule has 0 saturated carbocycles. The number of benzene rings is 1. The van der Waals surface area contributed by atoms with Gasteiger partial charge < -0.3 is 15.2 Å². The average Bonchev–Trinajstić information content (AvgIpc) is 2.38. The number of aliphatic hydroxyl groups excluding tert-OH is 1. The summed E-state index contributed by atoms with van der Waals surface area (Å²) in [5, 5.41) is 12.1. The third-order valence-corrected chi connectivity index (χ3v) is 2.59. The van der Waals surface area contributed by atoms with Crippen molar-refractivity contribution < 1.29 is 14.6 Å². The van der Waals surface area contributed by atoms with Gasteiger partial charge in [-0.05, 0) is 37.1 Å². The van der Waals surface area contributed by atoms with E-state index in [0.29, 0.717) is 24.9 Å². The maximum absolute atomic E-state index is 11.7. The first-order chi connectivity index (χ1) is 8.17. The molecule has 0 aromatic heterocycles. The highest BCUT2D eigenvalue weighted by Crippen LogP contribution is 2.11. The van der Waals surface area contributed by atoms with E-state index in [9.17, 15) is 9.90 Å². The third kappa shape index (κ3) is 4.44. The highest BCUT2D eigenvalue weighted by Gasteiger charge is 2.06. The molecule has 0 aliphatic rings. The van der Waals surface area contributed by atoms with Crippen molar-refractivity contribution in [2.75, 3.05) is 13.7 Å². The van der Waals surface area contributed by atoms with Gasteiger partial charge in [-0.1, -0.05) is 6.92 Å². The molecule has 0 fully saturated rings. The molecule has 17 heavy (non-hydrogen) atoms. The predicted molar refractivity (Wildman–Crippen MR) is 66.2 cm³/mol. The van der Waals surface area contributed by atoms with Gasteiger partial charge >= 0.3 is 0 Å². The van der Waals surface area contributed by atoms with Crippen molar-refractivity contribution in [1.82, 2.24) is 5.32 Å². The third-order valence-electron chi connectivity index (χ3n) is 2.59. The lowest BCUT2D eigenvalue weighted by molar-refractivity contribution is 0.0942. The van der Waals surface area contributed by atoms with Crippen LogP contribution in [0.2, 0.25) is 0 Å². The molecule has 0 bridgehead atoms. The topological polar surface area (TPSA) is 58.6 Å². The Bertz CT molecular complexity index is 348. The van der Waals surface area contributed by atoms with E-state index in [0.717, 1.165) is 5.75 Å². The molecule has 1 amide bonds. The summed E-state index contributed by atoms with van der Waals surface area (Å²) < 4.78 is 5.01. The Labute approximate surface area is 102 Å². The Hall–Kier alpha value is -1.55. The zero-order chi connectivity index (χ0) is 12.7. The van der Waals surface area contributed by atoms with E-state index < -0.39 is 0 Å². The Kier molecular flexibility index (Phi) is 5.49. The highest BCUT2D eigenvalue weighted by molar-refractivity contribution is 5.94. The first kappa shape index (κ1) is 13.5. The van der Waals surface area contributed by atoms with Gasteiger partial charge in [0, 0.05) is 12.1 Å². The van der Waals surface area contributed by atoms with Crippen molar-refractivity contribution >= 4 is 5.91 Å². The fourth-order valence-corrected chi connectivity index (χ4v) is 1.40. The van der Waals surface area contributed by atoms with Crippen LogP contribution in [0.25, 0.3) is 0 Å². The van der Waals surface area contributed by atoms with Gasteiger partial charge in [0.2, 0.25) is 0 Å². The molecule has 0 saturated heterocycles. The number of carbonyl (C=O) groups excluding carboxylic acids is 1. The zero-order valence-corrected chi connectivity index (χ0v) is 10.3. The van der Waals surface area contributed by atoms with Crippen LogP contribution in [0.3, 0.4) is 0 Å². The number of hydrogen-bond acceptors (Lipinski definition) is 3. The van der Waals surface area contributed by atoms with Crippen LogP contribution in [0.15, 0.2) is 24.3 Å². The Morgan fingerprint density at radius 2 is 2.06 bits per heavy atom. The summed E-state index contributed by atoms with van der Waals surface area (Å²) in [6.45, 7) is 2.40. The molecule has 0 aliphatic carbocycles. The van der Waals surface area contributed by atoms with E-state index in [-0.39, 0.29) is 12.0 Å². The minimum atomic E-state index is -0.342. The predicted octanol–water partition coefficient (Wildman–Crippen LogP) is 1.59. The fourth-order valence-electron chi connectivity index (χ4n) is 1.40. The largest absolute Gasteiger partial charge is 0.497 e. The molecule has 0 radical (unpaired) electrons. The molecule has 2 N–H and O–H groups in total. The van der Waals surface area contributed by atoms with Gasteiger partial charge in [0.15, 0.2) is 0 Å². The van der Waals surface area contributed by atoms with Crippen molar-refractivity contribution in [3.05, 3.63) is 29.8 Å². The van der Waals surface area contributed by atoms with E-state index in [2.05, 4.69) is 5.32 Å². The zero-order valence-electron chi connectivity index (χ0n) is 10.3. The molecule has 1 unspecified atom stereocenters. The van der Waals surface area contributed by atoms with Crippen LogP contribution in [0.1, 0.15) is 30.1 Å². The molecule has 4 nitrogen and oxygen atoms in total. The molecule has 94 valence electrons. The second kappa shape index (κ2) is 6.91. The Morgan fingerprint density at radius 3 is 2.59 bits per heavy atom. The quantitative estimate of drug-likeness (QED) is 0.790. The number of rotatable bonds is 6. The standard InChI is InChI=1S/C13H19NO3/c1-3-11(15)8-9-14-13(16)10-4-6-12(17-2)7-5-10/h4-7,11,15H,3,8-9H2,1-2H3,(H,14,16). The SMILES string of the molecule is CCC(O)CCNC(=O)c1ccc(OC)cc1. The second-order valence-corrected chi connectivity index (χ2v) is 3.84. The normalized spacial score (nSPS) is 11.9. The molecular formula is C13H19NO3. The van der Waals surface area contributed by atoms with Crippen molar-refractivity contribution in [2.24, 2.45) is 0 Å². The molecule has 0 aliphatic heterocycles. The van der Waals surface area contributed by atoms with Gasteiger partial charge in [-0.3, -0.25) is 4.79 Å². The minimum absolute atomic E-state index is 0.129. The number of methoxy groups -OCH3 is 1. The second-order valence-electron chi connectivity index (χ2n) is 3.84. The van der Waals surface area contributed by atoms with E-state index in [4.69, 9.17) is 4.74 Å². The fraction of sp³-hybridized carbons (Fsp3) is 0.462. The lowest BCUT2D eigenvalue weighted by Crippen LogP contribution is -2.26. The van der Waals surface area contributed by atoms with Gasteiger partial charge in [-0.2, -0.15) is 0 Å². The number of carbonyl (C=O) groups is 1. The molecule has 0 spiro atoms. The molecule has 0 heterocycles. The van der Waals surface area contributed by atoms with E-state index in [1.807, 2.05) is 6.92 Å². The molecule has 4 heteroatoms. The van der Waals surface area contributed by atoms with Crippen LogP contribution in [0, 0.1) is 0 Å². The Morgan fingerprint density at radius 1 is 1.41 bits per heavy atom. The smallest absolute Gasteiger partial charge is 0.251 e. The number of aliphatic hydroxyl groups is 1. The van der Waals surface area contributed by atoms with Crippen LogP contribution in [0.4, 0.5) is 0 Å². The van der Waals surface area contributed by atoms with E-state index in [1.165, 1.54) is 0 Å². The lowest BCUT2D eigenvalue weighted by atomic mass is 10.2. The first-order valence-corrected chi connectivity index (χ1v) is 5.77. The average molecular weight is 237 g/mol. The summed E-state index contributed by atoms with van der Waals surface area (Å²) >= 11 is 0. The number of amides is 1. The van der Waals surface area contributed by atoms with Crippen LogP contribution in [-0.4, -0.2) is 30.8 Å². The summed E-state index contributed by atoms with van der Waals surface area (Å²) in [5.41, 5.74) is 0.594. The van der Waals surface area contributed by atoms with Crippen LogP contribution in [0.5, 0.6) is 5.75 Å². The van der Waals surface area contributed by atoms with Crippen LogP contribution < -0.4 is 10.1 Å². The molecular weight excluding hydrogens is 218 g/mol. The molecule has 1 aromatic carbocycles.